The summed E-state index contributed by atoms with van der Waals surface area (Å²) in [7, 11) is 0. The van der Waals surface area contributed by atoms with Crippen LogP contribution in [0, 0.1) is 0 Å². The Hall–Kier alpha value is -2.88. The van der Waals surface area contributed by atoms with E-state index in [-0.39, 0.29) is 12.4 Å². The number of aliphatic hydroxyl groups excluding tert-OH is 1. The van der Waals surface area contributed by atoms with Crippen LogP contribution >= 0.6 is 0 Å². The van der Waals surface area contributed by atoms with Crippen molar-refractivity contribution in [3.05, 3.63) is 101 Å². The standard InChI is InChI=1S/C32H39NO2/c1-24(2)33-20-18-27(19-21-33)26-12-14-29(15-13-26)32(23-25-10-16-30(35)17-11-25)31(9-6-22-34)28-7-4-3-5-8-28/h3-5,7-8,10-17,24,27,34-35H,6,9,18-23H2,1-2H3/b32-31-. The first-order valence-electron chi connectivity index (χ1n) is 13.1. The zero-order valence-corrected chi connectivity index (χ0v) is 21.2. The van der Waals surface area contributed by atoms with E-state index in [0.717, 1.165) is 19.3 Å². The highest BCUT2D eigenvalue weighted by Gasteiger charge is 2.22. The molecular weight excluding hydrogens is 430 g/mol. The molecule has 0 amide bonds. The van der Waals surface area contributed by atoms with Crippen LogP contribution in [0.1, 0.15) is 67.7 Å². The van der Waals surface area contributed by atoms with Gasteiger partial charge in [-0.2, -0.15) is 0 Å². The number of hydrogen-bond donors (Lipinski definition) is 2. The fraction of sp³-hybridized carbons (Fsp3) is 0.375. The van der Waals surface area contributed by atoms with Crippen LogP contribution < -0.4 is 0 Å². The van der Waals surface area contributed by atoms with Crippen molar-refractivity contribution in [2.45, 2.75) is 57.9 Å². The van der Waals surface area contributed by atoms with Gasteiger partial charge in [0.25, 0.3) is 0 Å². The number of allylic oxidation sites excluding steroid dienone is 2. The average Bonchev–Trinajstić information content (AvgIpc) is 2.90. The molecule has 3 nitrogen and oxygen atoms in total. The van der Waals surface area contributed by atoms with E-state index in [0.29, 0.717) is 12.0 Å². The summed E-state index contributed by atoms with van der Waals surface area (Å²) < 4.78 is 0. The van der Waals surface area contributed by atoms with Crippen molar-refractivity contribution in [2.24, 2.45) is 0 Å². The summed E-state index contributed by atoms with van der Waals surface area (Å²) in [5, 5.41) is 19.4. The fourth-order valence-corrected chi connectivity index (χ4v) is 5.27. The Kier molecular flexibility index (Phi) is 8.79. The molecule has 0 bridgehead atoms. The normalized spacial score (nSPS) is 15.9. The van der Waals surface area contributed by atoms with Crippen LogP contribution in [0.2, 0.25) is 0 Å². The minimum Gasteiger partial charge on any atom is -0.508 e. The first-order valence-corrected chi connectivity index (χ1v) is 13.1. The smallest absolute Gasteiger partial charge is 0.115 e. The third-order valence-electron chi connectivity index (χ3n) is 7.38. The number of hydrogen-bond acceptors (Lipinski definition) is 3. The molecule has 4 rings (SSSR count). The third kappa shape index (κ3) is 6.62. The highest BCUT2D eigenvalue weighted by molar-refractivity contribution is 5.91. The van der Waals surface area contributed by atoms with Crippen molar-refractivity contribution < 1.29 is 10.2 Å². The Balaban J connectivity index is 1.67. The molecule has 184 valence electrons. The van der Waals surface area contributed by atoms with Gasteiger partial charge in [0.1, 0.15) is 5.75 Å². The molecule has 0 unspecified atom stereocenters. The molecule has 0 saturated carbocycles. The lowest BCUT2D eigenvalue weighted by molar-refractivity contribution is 0.172. The van der Waals surface area contributed by atoms with Gasteiger partial charge in [-0.3, -0.25) is 0 Å². The number of nitrogens with zero attached hydrogens (tertiary/aromatic N) is 1. The molecule has 0 radical (unpaired) electrons. The van der Waals surface area contributed by atoms with Gasteiger partial charge in [0, 0.05) is 12.6 Å². The van der Waals surface area contributed by atoms with Crippen molar-refractivity contribution in [3.63, 3.8) is 0 Å². The van der Waals surface area contributed by atoms with Crippen LogP contribution in [0.25, 0.3) is 11.1 Å². The average molecular weight is 470 g/mol. The van der Waals surface area contributed by atoms with E-state index in [2.05, 4.69) is 67.3 Å². The van der Waals surface area contributed by atoms with Crippen LogP contribution in [0.15, 0.2) is 78.9 Å². The van der Waals surface area contributed by atoms with Gasteiger partial charge in [-0.25, -0.2) is 0 Å². The lowest BCUT2D eigenvalue weighted by atomic mass is 9.85. The highest BCUT2D eigenvalue weighted by atomic mass is 16.3. The Morgan fingerprint density at radius 1 is 0.829 bits per heavy atom. The topological polar surface area (TPSA) is 43.7 Å². The van der Waals surface area contributed by atoms with E-state index in [9.17, 15) is 10.2 Å². The molecule has 3 aromatic carbocycles. The minimum atomic E-state index is 0.177. The van der Waals surface area contributed by atoms with E-state index in [1.165, 1.54) is 59.3 Å². The summed E-state index contributed by atoms with van der Waals surface area (Å²) >= 11 is 0. The molecule has 1 aliphatic heterocycles. The SMILES string of the molecule is CC(C)N1CCC(c2ccc(/C(Cc3ccc(O)cc3)=C(/CCCO)c3ccccc3)cc2)CC1. The summed E-state index contributed by atoms with van der Waals surface area (Å²) in [6, 6.07) is 27.9. The Morgan fingerprint density at radius 3 is 2.06 bits per heavy atom. The lowest BCUT2D eigenvalue weighted by Crippen LogP contribution is -2.37. The van der Waals surface area contributed by atoms with Gasteiger partial charge in [-0.1, -0.05) is 66.7 Å². The molecular formula is C32H39NO2. The fourth-order valence-electron chi connectivity index (χ4n) is 5.27. The number of benzene rings is 3. The second-order valence-electron chi connectivity index (χ2n) is 10.0. The van der Waals surface area contributed by atoms with Crippen molar-refractivity contribution in [1.29, 1.82) is 0 Å². The molecule has 2 N–H and O–H groups in total. The maximum absolute atomic E-state index is 9.77. The largest absolute Gasteiger partial charge is 0.508 e. The lowest BCUT2D eigenvalue weighted by Gasteiger charge is -2.34. The predicted octanol–water partition coefficient (Wildman–Crippen LogP) is 6.91. The molecule has 3 heteroatoms. The molecule has 0 spiro atoms. The molecule has 1 fully saturated rings. The number of phenols is 1. The van der Waals surface area contributed by atoms with Crippen LogP contribution in [0.3, 0.4) is 0 Å². The maximum Gasteiger partial charge on any atom is 0.115 e. The van der Waals surface area contributed by atoms with E-state index >= 15 is 0 Å². The molecule has 0 aromatic heterocycles. The van der Waals surface area contributed by atoms with Gasteiger partial charge in [0.05, 0.1) is 0 Å². The molecule has 1 aliphatic rings. The summed E-state index contributed by atoms with van der Waals surface area (Å²) in [4.78, 5) is 2.58. The maximum atomic E-state index is 9.77. The van der Waals surface area contributed by atoms with E-state index in [1.54, 1.807) is 12.1 Å². The first kappa shape index (κ1) is 25.2. The predicted molar refractivity (Wildman–Crippen MR) is 147 cm³/mol. The van der Waals surface area contributed by atoms with Crippen LogP contribution in [-0.4, -0.2) is 40.9 Å². The molecule has 35 heavy (non-hydrogen) atoms. The second-order valence-corrected chi connectivity index (χ2v) is 10.0. The van der Waals surface area contributed by atoms with Gasteiger partial charge in [0.2, 0.25) is 0 Å². The van der Waals surface area contributed by atoms with Gasteiger partial charge in [-0.15, -0.1) is 0 Å². The number of rotatable bonds is 9. The van der Waals surface area contributed by atoms with Crippen molar-refractivity contribution in [3.8, 4) is 5.75 Å². The summed E-state index contributed by atoms with van der Waals surface area (Å²) in [5.41, 5.74) is 7.62. The van der Waals surface area contributed by atoms with Gasteiger partial charge >= 0.3 is 0 Å². The second kappa shape index (κ2) is 12.2. The van der Waals surface area contributed by atoms with E-state index in [4.69, 9.17) is 0 Å². The summed E-state index contributed by atoms with van der Waals surface area (Å²) in [6.45, 7) is 7.11. The molecule has 3 aromatic rings. The third-order valence-corrected chi connectivity index (χ3v) is 7.38. The summed E-state index contributed by atoms with van der Waals surface area (Å²) in [5.74, 6) is 0.919. The number of phenolic OH excluding ortho intramolecular Hbond substituents is 1. The number of aromatic hydroxyl groups is 1. The highest BCUT2D eigenvalue weighted by Crippen LogP contribution is 2.35. The monoisotopic (exact) mass is 469 g/mol. The Bertz CT molecular complexity index is 1080. The first-order chi connectivity index (χ1) is 17.0. The van der Waals surface area contributed by atoms with E-state index < -0.39 is 0 Å². The van der Waals surface area contributed by atoms with Crippen LogP contribution in [-0.2, 0) is 6.42 Å². The quantitative estimate of drug-likeness (QED) is 0.335. The molecule has 0 atom stereocenters. The molecule has 0 aliphatic carbocycles. The van der Waals surface area contributed by atoms with Crippen molar-refractivity contribution in [1.82, 2.24) is 4.90 Å². The minimum absolute atomic E-state index is 0.177. The number of likely N-dealkylation sites (tertiary alicyclic amines) is 1. The molecule has 1 saturated heterocycles. The van der Waals surface area contributed by atoms with E-state index in [1.807, 2.05) is 18.2 Å². The zero-order valence-electron chi connectivity index (χ0n) is 21.2. The Labute approximate surface area is 210 Å². The van der Waals surface area contributed by atoms with Gasteiger partial charge < -0.3 is 15.1 Å². The van der Waals surface area contributed by atoms with Crippen molar-refractivity contribution in [2.75, 3.05) is 19.7 Å². The van der Waals surface area contributed by atoms with Gasteiger partial charge in [-0.05, 0) is 110 Å². The number of aliphatic hydroxyl groups is 1. The van der Waals surface area contributed by atoms with Crippen LogP contribution in [0.4, 0.5) is 0 Å². The van der Waals surface area contributed by atoms with Crippen LogP contribution in [0.5, 0.6) is 5.75 Å². The number of piperidine rings is 1. The summed E-state index contributed by atoms with van der Waals surface area (Å²) in [6.07, 6.45) is 4.78. The molecule has 1 heterocycles. The zero-order chi connectivity index (χ0) is 24.6. The van der Waals surface area contributed by atoms with Crippen molar-refractivity contribution >= 4 is 11.1 Å². The van der Waals surface area contributed by atoms with Gasteiger partial charge in [0.15, 0.2) is 0 Å². The Morgan fingerprint density at radius 2 is 1.46 bits per heavy atom.